The van der Waals surface area contributed by atoms with Crippen LogP contribution in [0.15, 0.2) is 73.1 Å². The van der Waals surface area contributed by atoms with Gasteiger partial charge in [-0.3, -0.25) is 4.90 Å². The number of para-hydroxylation sites is 1. The van der Waals surface area contributed by atoms with E-state index in [1.54, 1.807) is 18.5 Å². The highest BCUT2D eigenvalue weighted by molar-refractivity contribution is 5.95. The summed E-state index contributed by atoms with van der Waals surface area (Å²) < 4.78 is 0. The Kier molecular flexibility index (Phi) is 5.83. The van der Waals surface area contributed by atoms with Crippen LogP contribution >= 0.6 is 0 Å². The first-order valence-corrected chi connectivity index (χ1v) is 10.2. The van der Waals surface area contributed by atoms with Gasteiger partial charge in [0.1, 0.15) is 24.0 Å². The summed E-state index contributed by atoms with van der Waals surface area (Å²) in [7, 11) is 0. The fraction of sp³-hybridized carbons (Fsp3) is 0.154. The molecule has 0 radical (unpaired) electrons. The van der Waals surface area contributed by atoms with Gasteiger partial charge in [-0.25, -0.2) is 9.97 Å². The highest BCUT2D eigenvalue weighted by Crippen LogP contribution is 2.39. The fourth-order valence-electron chi connectivity index (χ4n) is 3.41. The molecule has 0 fully saturated rings. The molecule has 3 aromatic carbocycles. The average Bonchev–Trinajstić information content (AvgIpc) is 2.79. The van der Waals surface area contributed by atoms with Crippen molar-refractivity contribution >= 4 is 28.1 Å². The minimum atomic E-state index is -0.650. The summed E-state index contributed by atoms with van der Waals surface area (Å²) in [6.07, 6.45) is 1.48. The van der Waals surface area contributed by atoms with Gasteiger partial charge in [0.25, 0.3) is 0 Å². The lowest BCUT2D eigenvalue weighted by atomic mass is 10.1. The summed E-state index contributed by atoms with van der Waals surface area (Å²) in [5.74, 6) is 6.84. The zero-order valence-electron chi connectivity index (χ0n) is 17.4. The summed E-state index contributed by atoms with van der Waals surface area (Å²) in [4.78, 5) is 11.1. The third-order valence-corrected chi connectivity index (χ3v) is 5.03. The van der Waals surface area contributed by atoms with Crippen LogP contribution in [-0.4, -0.2) is 26.3 Å². The summed E-state index contributed by atoms with van der Waals surface area (Å²) in [5, 5.41) is 20.6. The van der Waals surface area contributed by atoms with E-state index in [0.717, 1.165) is 33.4 Å². The number of aromatic nitrogens is 2. The Morgan fingerprint density at radius 2 is 1.81 bits per heavy atom. The molecule has 4 rings (SSSR count). The molecule has 1 aromatic heterocycles. The van der Waals surface area contributed by atoms with Gasteiger partial charge < -0.3 is 10.2 Å². The number of nitrogens with zero attached hydrogens (tertiary/aromatic N) is 3. The zero-order valence-corrected chi connectivity index (χ0v) is 17.4. The van der Waals surface area contributed by atoms with Crippen LogP contribution in [0.5, 0.6) is 5.75 Å². The average molecular weight is 409 g/mol. The van der Waals surface area contributed by atoms with Crippen LogP contribution in [-0.2, 0) is 0 Å². The van der Waals surface area contributed by atoms with Crippen LogP contribution in [0.2, 0.25) is 0 Å². The molecule has 2 N–H and O–H groups in total. The van der Waals surface area contributed by atoms with E-state index in [-0.39, 0.29) is 5.75 Å². The largest absolute Gasteiger partial charge is 0.508 e. The number of hydrogen-bond acceptors (Lipinski definition) is 5. The number of rotatable bonds is 4. The van der Waals surface area contributed by atoms with Crippen molar-refractivity contribution in [2.45, 2.75) is 26.4 Å². The van der Waals surface area contributed by atoms with Gasteiger partial charge in [-0.2, -0.15) is 0 Å². The number of hydrogen-bond donors (Lipinski definition) is 2. The number of aliphatic hydroxyl groups excluding tert-OH is 1. The number of fused-ring (bicyclic) bond motifs is 1. The molecule has 1 unspecified atom stereocenters. The van der Waals surface area contributed by atoms with E-state index in [1.165, 1.54) is 0 Å². The minimum absolute atomic E-state index is 0.217. The molecule has 0 spiro atoms. The lowest BCUT2D eigenvalue weighted by Crippen LogP contribution is -2.13. The molecule has 1 atom stereocenters. The van der Waals surface area contributed by atoms with Crippen LogP contribution in [0, 0.1) is 18.8 Å². The molecule has 0 saturated carbocycles. The Morgan fingerprint density at radius 1 is 1.00 bits per heavy atom. The Morgan fingerprint density at radius 3 is 2.55 bits per heavy atom. The van der Waals surface area contributed by atoms with E-state index >= 15 is 0 Å². The first-order chi connectivity index (χ1) is 15.1. The fourth-order valence-corrected chi connectivity index (χ4v) is 3.41. The molecule has 5 nitrogen and oxygen atoms in total. The molecule has 4 aromatic rings. The SMILES string of the molecule is CCC(O)C#Cc1ccc2ncnc(N(c3ccccc3)c3ccc(O)cc3C)c2c1. The van der Waals surface area contributed by atoms with Gasteiger partial charge >= 0.3 is 0 Å². The third-order valence-electron chi connectivity index (χ3n) is 5.03. The highest BCUT2D eigenvalue weighted by Gasteiger charge is 2.19. The zero-order chi connectivity index (χ0) is 21.8. The van der Waals surface area contributed by atoms with Crippen LogP contribution in [0.4, 0.5) is 17.2 Å². The van der Waals surface area contributed by atoms with Crippen molar-refractivity contribution in [2.24, 2.45) is 0 Å². The molecule has 0 amide bonds. The molecule has 0 aliphatic carbocycles. The molecule has 0 bridgehead atoms. The minimum Gasteiger partial charge on any atom is -0.508 e. The summed E-state index contributed by atoms with van der Waals surface area (Å²) in [6, 6.07) is 21.0. The molecule has 1 heterocycles. The molecular formula is C26H23N3O2. The van der Waals surface area contributed by atoms with Crippen molar-refractivity contribution in [3.63, 3.8) is 0 Å². The summed E-state index contributed by atoms with van der Waals surface area (Å²) >= 11 is 0. The Hall–Kier alpha value is -3.88. The van der Waals surface area contributed by atoms with Crippen molar-refractivity contribution in [1.29, 1.82) is 0 Å². The smallest absolute Gasteiger partial charge is 0.148 e. The molecular weight excluding hydrogens is 386 g/mol. The van der Waals surface area contributed by atoms with Crippen molar-refractivity contribution in [3.8, 4) is 17.6 Å². The van der Waals surface area contributed by atoms with Gasteiger partial charge in [-0.05, 0) is 67.4 Å². The van der Waals surface area contributed by atoms with Crippen LogP contribution < -0.4 is 4.90 Å². The van der Waals surface area contributed by atoms with Crippen LogP contribution in [0.25, 0.3) is 10.9 Å². The van der Waals surface area contributed by atoms with Crippen molar-refractivity contribution < 1.29 is 10.2 Å². The van der Waals surface area contributed by atoms with Crippen molar-refractivity contribution in [1.82, 2.24) is 9.97 Å². The Bertz CT molecular complexity index is 1280. The van der Waals surface area contributed by atoms with Crippen LogP contribution in [0.3, 0.4) is 0 Å². The quantitative estimate of drug-likeness (QED) is 0.451. The second-order valence-corrected chi connectivity index (χ2v) is 7.26. The molecule has 0 aliphatic heterocycles. The van der Waals surface area contributed by atoms with Gasteiger partial charge in [0.15, 0.2) is 0 Å². The number of anilines is 3. The first-order valence-electron chi connectivity index (χ1n) is 10.2. The maximum Gasteiger partial charge on any atom is 0.148 e. The second-order valence-electron chi connectivity index (χ2n) is 7.26. The van der Waals surface area contributed by atoms with Crippen molar-refractivity contribution in [2.75, 3.05) is 4.90 Å². The Labute approximate surface area is 181 Å². The van der Waals surface area contributed by atoms with Crippen LogP contribution in [0.1, 0.15) is 24.5 Å². The van der Waals surface area contributed by atoms with E-state index in [1.807, 2.05) is 68.4 Å². The maximum atomic E-state index is 9.91. The number of aliphatic hydroxyl groups is 1. The number of aromatic hydroxyl groups is 1. The van der Waals surface area contributed by atoms with Crippen molar-refractivity contribution in [3.05, 3.63) is 84.2 Å². The second kappa shape index (κ2) is 8.86. The number of benzene rings is 3. The summed E-state index contributed by atoms with van der Waals surface area (Å²) in [6.45, 7) is 3.85. The topological polar surface area (TPSA) is 69.5 Å². The predicted octanol–water partition coefficient (Wildman–Crippen LogP) is 5.24. The number of aryl methyl sites for hydroxylation is 1. The van der Waals surface area contributed by atoms with Gasteiger partial charge in [0, 0.05) is 16.6 Å². The van der Waals surface area contributed by atoms with E-state index in [2.05, 4.69) is 26.7 Å². The Balaban J connectivity index is 1.94. The molecule has 0 saturated heterocycles. The summed E-state index contributed by atoms with van der Waals surface area (Å²) in [5.41, 5.74) is 4.34. The van der Waals surface area contributed by atoms with Gasteiger partial charge in [-0.1, -0.05) is 37.0 Å². The maximum absolute atomic E-state index is 9.91. The van der Waals surface area contributed by atoms with Gasteiger partial charge in [0.2, 0.25) is 0 Å². The van der Waals surface area contributed by atoms with Gasteiger partial charge in [0.05, 0.1) is 11.2 Å². The number of phenols is 1. The standard InChI is InChI=1S/C26H23N3O2/c1-3-21(30)11-9-19-10-13-24-23(16-19)26(28-17-27-24)29(20-7-5-4-6-8-20)25-14-12-22(31)15-18(25)2/h4-8,10,12-17,21,30-31H,3H2,1-2H3. The monoisotopic (exact) mass is 409 g/mol. The molecule has 5 heteroatoms. The van der Waals surface area contributed by atoms with E-state index in [4.69, 9.17) is 0 Å². The van der Waals surface area contributed by atoms with Gasteiger partial charge in [-0.15, -0.1) is 0 Å². The molecule has 31 heavy (non-hydrogen) atoms. The first kappa shape index (κ1) is 20.4. The molecule has 0 aliphatic rings. The molecule has 154 valence electrons. The highest BCUT2D eigenvalue weighted by atomic mass is 16.3. The lowest BCUT2D eigenvalue weighted by molar-refractivity contribution is 0.228. The predicted molar refractivity (Wildman–Crippen MR) is 124 cm³/mol. The van der Waals surface area contributed by atoms with E-state index in [0.29, 0.717) is 12.2 Å². The van der Waals surface area contributed by atoms with E-state index < -0.39 is 6.10 Å². The number of phenolic OH excluding ortho intramolecular Hbond substituents is 1. The normalized spacial score (nSPS) is 11.6. The third kappa shape index (κ3) is 4.35. The lowest BCUT2D eigenvalue weighted by Gasteiger charge is -2.26. The van der Waals surface area contributed by atoms with E-state index in [9.17, 15) is 10.2 Å².